The van der Waals surface area contributed by atoms with Gasteiger partial charge in [-0.2, -0.15) is 13.2 Å². The summed E-state index contributed by atoms with van der Waals surface area (Å²) in [6.07, 6.45) is -5.08. The number of carboxylic acids is 1. The number of carbonyl (C=O) groups excluding carboxylic acids is 1. The zero-order valence-corrected chi connectivity index (χ0v) is 9.73. The Labute approximate surface area is 105 Å². The van der Waals surface area contributed by atoms with Gasteiger partial charge in [0.2, 0.25) is 0 Å². The van der Waals surface area contributed by atoms with Crippen LogP contribution in [0.3, 0.4) is 0 Å². The molecule has 19 heavy (non-hydrogen) atoms. The molecule has 0 amide bonds. The Balaban J connectivity index is 0.000000399. The van der Waals surface area contributed by atoms with Crippen molar-refractivity contribution in [3.8, 4) is 0 Å². The fraction of sp³-hybridized carbons (Fsp3) is 0.444. The highest BCUT2D eigenvalue weighted by Gasteiger charge is 2.38. The van der Waals surface area contributed by atoms with Gasteiger partial charge in [-0.3, -0.25) is 0 Å². The Kier molecular flexibility index (Phi) is 6.55. The van der Waals surface area contributed by atoms with E-state index in [1.54, 1.807) is 6.92 Å². The van der Waals surface area contributed by atoms with E-state index < -0.39 is 18.1 Å². The third-order valence-electron chi connectivity index (χ3n) is 1.49. The number of halogens is 3. The molecule has 0 unspecified atom stereocenters. The van der Waals surface area contributed by atoms with E-state index in [9.17, 15) is 18.0 Å². The smallest absolute Gasteiger partial charge is 0.475 e. The van der Waals surface area contributed by atoms with Crippen LogP contribution in [0.2, 0.25) is 0 Å². The molecule has 0 aromatic carbocycles. The number of nitrogens with zero attached hydrogens (tertiary/aromatic N) is 1. The number of rotatable bonds is 3. The SMILES string of the molecule is CCOC(=O)c1cc(CN)on1.O=C(O)C(F)(F)F. The number of hydrogen-bond donors (Lipinski definition) is 2. The van der Waals surface area contributed by atoms with E-state index in [1.807, 2.05) is 0 Å². The van der Waals surface area contributed by atoms with Crippen LogP contribution in [0.25, 0.3) is 0 Å². The van der Waals surface area contributed by atoms with Crippen molar-refractivity contribution in [2.45, 2.75) is 19.6 Å². The molecule has 0 bridgehead atoms. The van der Waals surface area contributed by atoms with E-state index in [0.717, 1.165) is 0 Å². The molecule has 0 atom stereocenters. The molecular weight excluding hydrogens is 273 g/mol. The molecule has 3 N–H and O–H groups in total. The van der Waals surface area contributed by atoms with E-state index in [2.05, 4.69) is 9.89 Å². The molecule has 1 rings (SSSR count). The molecule has 0 fully saturated rings. The summed E-state index contributed by atoms with van der Waals surface area (Å²) in [5.74, 6) is -2.77. The van der Waals surface area contributed by atoms with E-state index in [1.165, 1.54) is 6.07 Å². The zero-order valence-electron chi connectivity index (χ0n) is 9.73. The average Bonchev–Trinajstić information content (AvgIpc) is 2.77. The van der Waals surface area contributed by atoms with Gasteiger partial charge in [-0.25, -0.2) is 9.59 Å². The lowest BCUT2D eigenvalue weighted by Crippen LogP contribution is -2.21. The topological polar surface area (TPSA) is 116 Å². The second kappa shape index (κ2) is 7.36. The number of alkyl halides is 3. The van der Waals surface area contributed by atoms with Gasteiger partial charge in [0.25, 0.3) is 0 Å². The van der Waals surface area contributed by atoms with E-state index in [-0.39, 0.29) is 12.2 Å². The molecule has 0 aliphatic carbocycles. The average molecular weight is 284 g/mol. The maximum Gasteiger partial charge on any atom is 0.490 e. The Morgan fingerprint density at radius 3 is 2.37 bits per heavy atom. The van der Waals surface area contributed by atoms with Gasteiger partial charge in [-0.05, 0) is 6.92 Å². The summed E-state index contributed by atoms with van der Waals surface area (Å²) < 4.78 is 41.1. The summed E-state index contributed by atoms with van der Waals surface area (Å²) in [5.41, 5.74) is 5.42. The van der Waals surface area contributed by atoms with Crippen LogP contribution < -0.4 is 5.73 Å². The van der Waals surface area contributed by atoms with Crippen LogP contribution in [0.15, 0.2) is 10.6 Å². The number of ether oxygens (including phenoxy) is 1. The number of aromatic nitrogens is 1. The quantitative estimate of drug-likeness (QED) is 0.793. The third-order valence-corrected chi connectivity index (χ3v) is 1.49. The van der Waals surface area contributed by atoms with Crippen LogP contribution in [0.5, 0.6) is 0 Å². The van der Waals surface area contributed by atoms with Crippen molar-refractivity contribution in [2.75, 3.05) is 6.61 Å². The molecule has 7 nitrogen and oxygen atoms in total. The van der Waals surface area contributed by atoms with Gasteiger partial charge in [0.1, 0.15) is 0 Å². The summed E-state index contributed by atoms with van der Waals surface area (Å²) in [6.45, 7) is 2.28. The molecule has 10 heteroatoms. The Morgan fingerprint density at radius 1 is 1.53 bits per heavy atom. The van der Waals surface area contributed by atoms with E-state index >= 15 is 0 Å². The maximum absolute atomic E-state index is 11.0. The molecule has 0 radical (unpaired) electrons. The van der Waals surface area contributed by atoms with Crippen LogP contribution in [0, 0.1) is 0 Å². The van der Waals surface area contributed by atoms with Gasteiger partial charge >= 0.3 is 18.1 Å². The number of carbonyl (C=O) groups is 2. The van der Waals surface area contributed by atoms with Crippen LogP contribution in [0.4, 0.5) is 13.2 Å². The number of carboxylic acid groups (broad SMARTS) is 1. The fourth-order valence-electron chi connectivity index (χ4n) is 0.710. The monoisotopic (exact) mass is 284 g/mol. The highest BCUT2D eigenvalue weighted by Crippen LogP contribution is 2.13. The zero-order chi connectivity index (χ0) is 15.1. The Hall–Kier alpha value is -2.10. The van der Waals surface area contributed by atoms with Crippen LogP contribution >= 0.6 is 0 Å². The van der Waals surface area contributed by atoms with Crippen LogP contribution in [-0.4, -0.2) is 35.0 Å². The Bertz CT molecular complexity index is 430. The molecule has 0 saturated carbocycles. The lowest BCUT2D eigenvalue weighted by molar-refractivity contribution is -0.192. The lowest BCUT2D eigenvalue weighted by atomic mass is 10.4. The molecule has 1 aromatic rings. The van der Waals surface area contributed by atoms with Crippen molar-refractivity contribution >= 4 is 11.9 Å². The lowest BCUT2D eigenvalue weighted by Gasteiger charge is -1.94. The van der Waals surface area contributed by atoms with Gasteiger partial charge in [0.15, 0.2) is 11.5 Å². The predicted molar refractivity (Wildman–Crippen MR) is 54.0 cm³/mol. The first-order valence-corrected chi connectivity index (χ1v) is 4.85. The molecule has 0 spiro atoms. The largest absolute Gasteiger partial charge is 0.490 e. The summed E-state index contributed by atoms with van der Waals surface area (Å²) in [7, 11) is 0. The summed E-state index contributed by atoms with van der Waals surface area (Å²) >= 11 is 0. The first-order valence-electron chi connectivity index (χ1n) is 4.85. The third kappa shape index (κ3) is 6.41. The molecular formula is C9H11F3N2O5. The molecule has 108 valence electrons. The maximum atomic E-state index is 11.0. The highest BCUT2D eigenvalue weighted by atomic mass is 19.4. The van der Waals surface area contributed by atoms with Crippen LogP contribution in [0.1, 0.15) is 23.2 Å². The fourth-order valence-corrected chi connectivity index (χ4v) is 0.710. The second-order valence-electron chi connectivity index (χ2n) is 2.91. The van der Waals surface area contributed by atoms with E-state index in [0.29, 0.717) is 12.4 Å². The van der Waals surface area contributed by atoms with Crippen molar-refractivity contribution in [3.05, 3.63) is 17.5 Å². The molecule has 0 aliphatic rings. The second-order valence-corrected chi connectivity index (χ2v) is 2.91. The van der Waals surface area contributed by atoms with Crippen molar-refractivity contribution < 1.29 is 37.1 Å². The summed E-state index contributed by atoms with van der Waals surface area (Å²) in [6, 6.07) is 1.47. The van der Waals surface area contributed by atoms with Gasteiger partial charge in [-0.15, -0.1) is 0 Å². The van der Waals surface area contributed by atoms with Crippen molar-refractivity contribution in [1.82, 2.24) is 5.16 Å². The minimum atomic E-state index is -5.08. The first kappa shape index (κ1) is 16.9. The first-order chi connectivity index (χ1) is 8.72. The molecule has 0 aliphatic heterocycles. The number of nitrogens with two attached hydrogens (primary N) is 1. The highest BCUT2D eigenvalue weighted by molar-refractivity contribution is 5.87. The van der Waals surface area contributed by atoms with Gasteiger partial charge in [0, 0.05) is 6.07 Å². The summed E-state index contributed by atoms with van der Waals surface area (Å²) in [4.78, 5) is 19.9. The van der Waals surface area contributed by atoms with Crippen LogP contribution in [-0.2, 0) is 16.1 Å². The predicted octanol–water partition coefficient (Wildman–Crippen LogP) is 0.943. The van der Waals surface area contributed by atoms with Gasteiger partial charge in [0.05, 0.1) is 13.2 Å². The van der Waals surface area contributed by atoms with Gasteiger partial charge in [-0.1, -0.05) is 5.16 Å². The van der Waals surface area contributed by atoms with E-state index in [4.69, 9.17) is 20.2 Å². The number of aliphatic carboxylic acids is 1. The normalized spacial score (nSPS) is 10.4. The minimum absolute atomic E-state index is 0.164. The van der Waals surface area contributed by atoms with Gasteiger partial charge < -0.3 is 20.1 Å². The van der Waals surface area contributed by atoms with Crippen molar-refractivity contribution in [3.63, 3.8) is 0 Å². The minimum Gasteiger partial charge on any atom is -0.475 e. The number of hydrogen-bond acceptors (Lipinski definition) is 6. The molecule has 0 saturated heterocycles. The Morgan fingerprint density at radius 2 is 2.05 bits per heavy atom. The molecule has 1 aromatic heterocycles. The number of esters is 1. The van der Waals surface area contributed by atoms with Crippen molar-refractivity contribution in [1.29, 1.82) is 0 Å². The standard InChI is InChI=1S/C7H10N2O3.C2HF3O2/c1-2-11-7(10)6-3-5(4-8)12-9-6;3-2(4,5)1(6)7/h3H,2,4,8H2,1H3;(H,6,7). The summed E-state index contributed by atoms with van der Waals surface area (Å²) in [5, 5.41) is 10.6. The molecule has 1 heterocycles. The van der Waals surface area contributed by atoms with Crippen molar-refractivity contribution in [2.24, 2.45) is 5.73 Å².